The lowest BCUT2D eigenvalue weighted by Crippen LogP contribution is -2.28. The van der Waals surface area contributed by atoms with Gasteiger partial charge in [0.15, 0.2) is 0 Å². The maximum Gasteiger partial charge on any atom is 0.330 e. The molecule has 16 heavy (non-hydrogen) atoms. The molecule has 1 saturated heterocycles. The molecule has 2 N–H and O–H groups in total. The maximum atomic E-state index is 11.4. The number of benzene rings is 1. The van der Waals surface area contributed by atoms with Crippen LogP contribution >= 0.6 is 0 Å². The van der Waals surface area contributed by atoms with Gasteiger partial charge in [-0.3, -0.25) is 15.0 Å². The van der Waals surface area contributed by atoms with Crippen molar-refractivity contribution in [1.29, 1.82) is 0 Å². The molecule has 1 aromatic carbocycles. The van der Waals surface area contributed by atoms with Crippen molar-refractivity contribution >= 4 is 28.7 Å². The van der Waals surface area contributed by atoms with E-state index in [4.69, 9.17) is 0 Å². The molecule has 2 heterocycles. The summed E-state index contributed by atoms with van der Waals surface area (Å²) in [5.41, 5.74) is 0.949. The van der Waals surface area contributed by atoms with Crippen LogP contribution in [0.1, 0.15) is 0 Å². The van der Waals surface area contributed by atoms with Crippen LogP contribution < -0.4 is 10.2 Å². The summed E-state index contributed by atoms with van der Waals surface area (Å²) in [6, 6.07) is 9.19. The van der Waals surface area contributed by atoms with E-state index in [1.54, 1.807) is 0 Å². The fraction of sp³-hybridized carbons (Fsp3) is 0.0909. The molecule has 1 aliphatic rings. The molecule has 2 aromatic rings. The Morgan fingerprint density at radius 3 is 2.69 bits per heavy atom. The Bertz CT molecular complexity index is 555. The van der Waals surface area contributed by atoms with E-state index in [2.05, 4.69) is 10.3 Å². The predicted molar refractivity (Wildman–Crippen MR) is 59.2 cm³/mol. The molecular formula is C11H9N3O2. The third-order valence-electron chi connectivity index (χ3n) is 2.60. The molecule has 3 rings (SSSR count). The van der Waals surface area contributed by atoms with E-state index in [0.29, 0.717) is 5.82 Å². The zero-order valence-corrected chi connectivity index (χ0v) is 8.36. The average molecular weight is 215 g/mol. The van der Waals surface area contributed by atoms with Crippen LogP contribution in [0.3, 0.4) is 0 Å². The summed E-state index contributed by atoms with van der Waals surface area (Å²) in [6.45, 7) is 0.0751. The van der Waals surface area contributed by atoms with E-state index in [1.807, 2.05) is 30.3 Å². The van der Waals surface area contributed by atoms with Gasteiger partial charge in [-0.1, -0.05) is 18.2 Å². The predicted octanol–water partition coefficient (Wildman–Crippen LogP) is 1.22. The van der Waals surface area contributed by atoms with Gasteiger partial charge in [0.1, 0.15) is 12.4 Å². The van der Waals surface area contributed by atoms with Gasteiger partial charge in [-0.15, -0.1) is 0 Å². The molecule has 0 unspecified atom stereocenters. The second-order valence-corrected chi connectivity index (χ2v) is 3.68. The number of imide groups is 1. The monoisotopic (exact) mass is 215 g/mol. The molecule has 0 radical (unpaired) electrons. The van der Waals surface area contributed by atoms with Crippen molar-refractivity contribution in [2.75, 3.05) is 11.4 Å². The number of carbonyl (C=O) groups is 2. The van der Waals surface area contributed by atoms with E-state index in [1.165, 1.54) is 4.90 Å². The van der Waals surface area contributed by atoms with Gasteiger partial charge in [-0.25, -0.2) is 4.79 Å². The first-order valence-corrected chi connectivity index (χ1v) is 4.93. The molecule has 0 saturated carbocycles. The molecular weight excluding hydrogens is 206 g/mol. The van der Waals surface area contributed by atoms with Crippen molar-refractivity contribution in [3.63, 3.8) is 0 Å². The van der Waals surface area contributed by atoms with Crippen LogP contribution in [0.4, 0.5) is 10.6 Å². The number of nitrogens with zero attached hydrogens (tertiary/aromatic N) is 1. The van der Waals surface area contributed by atoms with Crippen molar-refractivity contribution < 1.29 is 9.59 Å². The van der Waals surface area contributed by atoms with Gasteiger partial charge in [0.25, 0.3) is 0 Å². The number of hydrogen-bond donors (Lipinski definition) is 2. The Hall–Kier alpha value is -2.30. The molecule has 0 spiro atoms. The molecule has 1 aromatic heterocycles. The van der Waals surface area contributed by atoms with Crippen molar-refractivity contribution in [3.8, 4) is 0 Å². The molecule has 5 heteroatoms. The molecule has 0 atom stereocenters. The van der Waals surface area contributed by atoms with Gasteiger partial charge in [-0.2, -0.15) is 0 Å². The van der Waals surface area contributed by atoms with Gasteiger partial charge >= 0.3 is 6.03 Å². The second kappa shape index (κ2) is 3.10. The number of fused-ring (bicyclic) bond motifs is 1. The SMILES string of the molecule is O=C1CN(c2cc3ccccc3[nH]2)C(=O)N1. The number of urea groups is 1. The summed E-state index contributed by atoms with van der Waals surface area (Å²) < 4.78 is 0. The van der Waals surface area contributed by atoms with Gasteiger partial charge in [0.2, 0.25) is 5.91 Å². The van der Waals surface area contributed by atoms with Crippen LogP contribution in [0, 0.1) is 0 Å². The lowest BCUT2D eigenvalue weighted by molar-refractivity contribution is -0.117. The first kappa shape index (κ1) is 8.96. The standard InChI is InChI=1S/C11H9N3O2/c15-10-6-14(11(16)13-10)9-5-7-3-1-2-4-8(7)12-9/h1-5,12H,6H2,(H,13,15,16). The molecule has 3 amide bonds. The number of nitrogens with one attached hydrogen (secondary N) is 2. The number of anilines is 1. The highest BCUT2D eigenvalue weighted by Crippen LogP contribution is 2.22. The third-order valence-corrected chi connectivity index (χ3v) is 2.60. The Labute approximate surface area is 91.0 Å². The number of aromatic amines is 1. The topological polar surface area (TPSA) is 65.2 Å². The van der Waals surface area contributed by atoms with Crippen LogP contribution in [0.15, 0.2) is 30.3 Å². The summed E-state index contributed by atoms with van der Waals surface area (Å²) in [4.78, 5) is 27.0. The zero-order chi connectivity index (χ0) is 11.1. The van der Waals surface area contributed by atoms with E-state index < -0.39 is 0 Å². The zero-order valence-electron chi connectivity index (χ0n) is 8.36. The van der Waals surface area contributed by atoms with E-state index in [-0.39, 0.29) is 18.5 Å². The Morgan fingerprint density at radius 2 is 2.00 bits per heavy atom. The summed E-state index contributed by atoms with van der Waals surface area (Å²) in [6.07, 6.45) is 0. The fourth-order valence-electron chi connectivity index (χ4n) is 1.84. The minimum absolute atomic E-state index is 0.0751. The van der Waals surface area contributed by atoms with Gasteiger partial charge in [-0.05, 0) is 12.1 Å². The normalized spacial score (nSPS) is 15.9. The van der Waals surface area contributed by atoms with Crippen molar-refractivity contribution in [2.45, 2.75) is 0 Å². The van der Waals surface area contributed by atoms with Crippen LogP contribution in [0.5, 0.6) is 0 Å². The Balaban J connectivity index is 2.06. The van der Waals surface area contributed by atoms with Gasteiger partial charge in [0.05, 0.1) is 0 Å². The summed E-state index contributed by atoms with van der Waals surface area (Å²) in [5, 5.41) is 3.26. The molecule has 0 aliphatic carbocycles. The van der Waals surface area contributed by atoms with E-state index in [9.17, 15) is 9.59 Å². The molecule has 80 valence electrons. The highest BCUT2D eigenvalue weighted by atomic mass is 16.2. The number of amides is 3. The minimum atomic E-state index is -0.378. The Kier molecular flexibility index (Phi) is 1.73. The summed E-state index contributed by atoms with van der Waals surface area (Å²) in [7, 11) is 0. The maximum absolute atomic E-state index is 11.4. The Morgan fingerprint density at radius 1 is 1.19 bits per heavy atom. The first-order valence-electron chi connectivity index (χ1n) is 4.93. The number of para-hydroxylation sites is 1. The lowest BCUT2D eigenvalue weighted by atomic mass is 10.2. The highest BCUT2D eigenvalue weighted by molar-refractivity contribution is 6.12. The third kappa shape index (κ3) is 1.25. The number of hydrogen-bond acceptors (Lipinski definition) is 2. The number of carbonyl (C=O) groups excluding carboxylic acids is 2. The van der Waals surface area contributed by atoms with Gasteiger partial charge in [0, 0.05) is 10.9 Å². The second-order valence-electron chi connectivity index (χ2n) is 3.68. The van der Waals surface area contributed by atoms with Crippen molar-refractivity contribution in [2.24, 2.45) is 0 Å². The van der Waals surface area contributed by atoms with Crippen LogP contribution in [-0.2, 0) is 4.79 Å². The van der Waals surface area contributed by atoms with Gasteiger partial charge < -0.3 is 4.98 Å². The van der Waals surface area contributed by atoms with Crippen LogP contribution in [0.25, 0.3) is 10.9 Å². The molecule has 0 bridgehead atoms. The number of rotatable bonds is 1. The van der Waals surface area contributed by atoms with E-state index in [0.717, 1.165) is 10.9 Å². The lowest BCUT2D eigenvalue weighted by Gasteiger charge is -2.09. The van der Waals surface area contributed by atoms with Crippen molar-refractivity contribution in [1.82, 2.24) is 10.3 Å². The largest absolute Gasteiger partial charge is 0.341 e. The van der Waals surface area contributed by atoms with Crippen LogP contribution in [-0.4, -0.2) is 23.5 Å². The van der Waals surface area contributed by atoms with Crippen LogP contribution in [0.2, 0.25) is 0 Å². The fourth-order valence-corrected chi connectivity index (χ4v) is 1.84. The first-order chi connectivity index (χ1) is 7.74. The summed E-state index contributed by atoms with van der Waals surface area (Å²) in [5.74, 6) is 0.369. The number of aromatic nitrogens is 1. The smallest absolute Gasteiger partial charge is 0.330 e. The highest BCUT2D eigenvalue weighted by Gasteiger charge is 2.28. The summed E-state index contributed by atoms with van der Waals surface area (Å²) >= 11 is 0. The molecule has 1 aliphatic heterocycles. The minimum Gasteiger partial charge on any atom is -0.341 e. The number of H-pyrrole nitrogens is 1. The van der Waals surface area contributed by atoms with Crippen molar-refractivity contribution in [3.05, 3.63) is 30.3 Å². The quantitative estimate of drug-likeness (QED) is 0.702. The average Bonchev–Trinajstić information content (AvgIpc) is 2.81. The van der Waals surface area contributed by atoms with E-state index >= 15 is 0 Å². The molecule has 1 fully saturated rings. The molecule has 5 nitrogen and oxygen atoms in total.